The lowest BCUT2D eigenvalue weighted by atomic mass is 10.1. The molecule has 0 bridgehead atoms. The molecule has 0 aliphatic heterocycles. The van der Waals surface area contributed by atoms with E-state index in [1.165, 1.54) is 0 Å². The molecule has 24 heavy (non-hydrogen) atoms. The minimum atomic E-state index is -0.150. The minimum absolute atomic E-state index is 0.150. The van der Waals surface area contributed by atoms with Gasteiger partial charge in [-0.1, -0.05) is 32.0 Å². The van der Waals surface area contributed by atoms with Gasteiger partial charge < -0.3 is 4.98 Å². The normalized spacial score (nSPS) is 13.1. The number of hydrogen-bond acceptors (Lipinski definition) is 4. The zero-order valence-electron chi connectivity index (χ0n) is 14.5. The number of H-pyrrole nitrogens is 1. The molecule has 0 aliphatic carbocycles. The fraction of sp³-hybridized carbons (Fsp3) is 0.389. The molecule has 0 amide bonds. The summed E-state index contributed by atoms with van der Waals surface area (Å²) in [4.78, 5) is 22.1. The van der Waals surface area contributed by atoms with E-state index in [2.05, 4.69) is 40.7 Å². The Morgan fingerprint density at radius 3 is 2.58 bits per heavy atom. The molecule has 0 unspecified atom stereocenters. The number of rotatable bonds is 5. The molecule has 0 saturated heterocycles. The van der Waals surface area contributed by atoms with E-state index in [1.807, 2.05) is 37.4 Å². The van der Waals surface area contributed by atoms with Crippen molar-refractivity contribution < 1.29 is 0 Å². The maximum absolute atomic E-state index is 12.4. The Hall–Kier alpha value is -2.47. The molecule has 0 saturated carbocycles. The zero-order valence-corrected chi connectivity index (χ0v) is 14.5. The summed E-state index contributed by atoms with van der Waals surface area (Å²) in [5.74, 6) is 1.18. The molecular weight excluding hydrogens is 302 g/mol. The van der Waals surface area contributed by atoms with Gasteiger partial charge in [-0.25, -0.2) is 9.67 Å². The summed E-state index contributed by atoms with van der Waals surface area (Å²) in [7, 11) is 2.04. The number of nitrogens with one attached hydrogen (secondary N) is 1. The van der Waals surface area contributed by atoms with Gasteiger partial charge in [0, 0.05) is 6.04 Å². The van der Waals surface area contributed by atoms with Crippen molar-refractivity contribution in [3.05, 3.63) is 52.7 Å². The highest BCUT2D eigenvalue weighted by molar-refractivity contribution is 5.75. The van der Waals surface area contributed by atoms with Gasteiger partial charge in [0.1, 0.15) is 11.2 Å². The average molecular weight is 325 g/mol. The van der Waals surface area contributed by atoms with E-state index in [0.29, 0.717) is 35.4 Å². The number of aromatic nitrogens is 4. The Kier molecular flexibility index (Phi) is 4.49. The van der Waals surface area contributed by atoms with Crippen LogP contribution in [0.15, 0.2) is 41.3 Å². The third-order valence-corrected chi connectivity index (χ3v) is 4.55. The highest BCUT2D eigenvalue weighted by atomic mass is 16.1. The summed E-state index contributed by atoms with van der Waals surface area (Å²) < 4.78 is 1.71. The topological polar surface area (TPSA) is 66.8 Å². The van der Waals surface area contributed by atoms with Gasteiger partial charge in [0.2, 0.25) is 0 Å². The first-order valence-corrected chi connectivity index (χ1v) is 8.20. The van der Waals surface area contributed by atoms with Gasteiger partial charge in [-0.15, -0.1) is 0 Å². The van der Waals surface area contributed by atoms with Gasteiger partial charge in [-0.05, 0) is 32.0 Å². The third kappa shape index (κ3) is 3.10. The smallest absolute Gasteiger partial charge is 0.262 e. The molecule has 1 aromatic carbocycles. The van der Waals surface area contributed by atoms with Crippen molar-refractivity contribution in [2.45, 2.75) is 33.4 Å². The largest absolute Gasteiger partial charge is 0.309 e. The van der Waals surface area contributed by atoms with E-state index in [1.54, 1.807) is 10.9 Å². The minimum Gasteiger partial charge on any atom is -0.309 e. The molecule has 0 radical (unpaired) electrons. The predicted molar refractivity (Wildman–Crippen MR) is 95.3 cm³/mol. The quantitative estimate of drug-likeness (QED) is 0.783. The number of fused-ring (bicyclic) bond motifs is 1. The SMILES string of the molecule is CC(C)[C@H](C)N(C)Cc1nc2c(cnn2-c2ccccc2)c(=O)[nH]1. The van der Waals surface area contributed by atoms with Gasteiger partial charge in [-0.3, -0.25) is 9.69 Å². The van der Waals surface area contributed by atoms with E-state index in [0.717, 1.165) is 5.69 Å². The van der Waals surface area contributed by atoms with Crippen molar-refractivity contribution in [3.8, 4) is 5.69 Å². The van der Waals surface area contributed by atoms with E-state index in [9.17, 15) is 4.79 Å². The second kappa shape index (κ2) is 6.57. The highest BCUT2D eigenvalue weighted by Crippen LogP contribution is 2.15. The predicted octanol–water partition coefficient (Wildman–Crippen LogP) is 2.59. The van der Waals surface area contributed by atoms with E-state index in [-0.39, 0.29) is 5.56 Å². The van der Waals surface area contributed by atoms with Crippen LogP contribution in [-0.4, -0.2) is 37.7 Å². The third-order valence-electron chi connectivity index (χ3n) is 4.55. The molecular formula is C18H23N5O. The van der Waals surface area contributed by atoms with Crippen LogP contribution >= 0.6 is 0 Å². The van der Waals surface area contributed by atoms with Crippen molar-refractivity contribution in [2.24, 2.45) is 5.92 Å². The maximum Gasteiger partial charge on any atom is 0.262 e. The summed E-state index contributed by atoms with van der Waals surface area (Å²) in [6.07, 6.45) is 1.57. The van der Waals surface area contributed by atoms with Crippen LogP contribution in [0.3, 0.4) is 0 Å². The summed E-state index contributed by atoms with van der Waals surface area (Å²) in [5.41, 5.74) is 1.33. The highest BCUT2D eigenvalue weighted by Gasteiger charge is 2.16. The molecule has 0 aliphatic rings. The Labute approximate surface area is 141 Å². The average Bonchev–Trinajstić information content (AvgIpc) is 2.99. The van der Waals surface area contributed by atoms with Gasteiger partial charge in [0.15, 0.2) is 5.65 Å². The fourth-order valence-corrected chi connectivity index (χ4v) is 2.69. The van der Waals surface area contributed by atoms with Crippen LogP contribution in [0.25, 0.3) is 16.7 Å². The lowest BCUT2D eigenvalue weighted by molar-refractivity contribution is 0.196. The van der Waals surface area contributed by atoms with Crippen LogP contribution in [0.5, 0.6) is 0 Å². The second-order valence-electron chi connectivity index (χ2n) is 6.54. The van der Waals surface area contributed by atoms with E-state index >= 15 is 0 Å². The van der Waals surface area contributed by atoms with Crippen LogP contribution in [-0.2, 0) is 6.54 Å². The summed E-state index contributed by atoms with van der Waals surface area (Å²) in [5, 5.41) is 4.83. The Morgan fingerprint density at radius 1 is 1.21 bits per heavy atom. The van der Waals surface area contributed by atoms with Crippen molar-refractivity contribution in [1.29, 1.82) is 0 Å². The van der Waals surface area contributed by atoms with Crippen LogP contribution in [0, 0.1) is 5.92 Å². The number of benzene rings is 1. The van der Waals surface area contributed by atoms with Gasteiger partial charge >= 0.3 is 0 Å². The van der Waals surface area contributed by atoms with Gasteiger partial charge in [-0.2, -0.15) is 5.10 Å². The first-order valence-electron chi connectivity index (χ1n) is 8.20. The Bertz CT molecular complexity index is 881. The first kappa shape index (κ1) is 16.4. The van der Waals surface area contributed by atoms with Crippen molar-refractivity contribution in [1.82, 2.24) is 24.6 Å². The number of para-hydroxylation sites is 1. The molecule has 0 spiro atoms. The van der Waals surface area contributed by atoms with Crippen molar-refractivity contribution in [3.63, 3.8) is 0 Å². The molecule has 3 aromatic rings. The molecule has 2 aromatic heterocycles. The number of nitrogens with zero attached hydrogens (tertiary/aromatic N) is 4. The fourth-order valence-electron chi connectivity index (χ4n) is 2.69. The van der Waals surface area contributed by atoms with Crippen LogP contribution < -0.4 is 5.56 Å². The Morgan fingerprint density at radius 2 is 1.92 bits per heavy atom. The number of hydrogen-bond donors (Lipinski definition) is 1. The molecule has 1 atom stereocenters. The van der Waals surface area contributed by atoms with Crippen molar-refractivity contribution in [2.75, 3.05) is 7.05 Å². The van der Waals surface area contributed by atoms with Crippen molar-refractivity contribution >= 4 is 11.0 Å². The summed E-state index contributed by atoms with van der Waals surface area (Å²) in [6, 6.07) is 10.1. The zero-order chi connectivity index (χ0) is 17.3. The lowest BCUT2D eigenvalue weighted by Gasteiger charge is -2.27. The number of aromatic amines is 1. The monoisotopic (exact) mass is 325 g/mol. The van der Waals surface area contributed by atoms with Crippen LogP contribution in [0.4, 0.5) is 0 Å². The molecule has 126 valence electrons. The van der Waals surface area contributed by atoms with E-state index in [4.69, 9.17) is 0 Å². The molecule has 2 heterocycles. The molecule has 1 N–H and O–H groups in total. The van der Waals surface area contributed by atoms with Gasteiger partial charge in [0.25, 0.3) is 5.56 Å². The molecule has 0 fully saturated rings. The maximum atomic E-state index is 12.4. The Balaban J connectivity index is 2.01. The van der Waals surface area contributed by atoms with E-state index < -0.39 is 0 Å². The van der Waals surface area contributed by atoms with Crippen LogP contribution in [0.1, 0.15) is 26.6 Å². The summed E-state index contributed by atoms with van der Waals surface area (Å²) >= 11 is 0. The molecule has 3 rings (SSSR count). The summed E-state index contributed by atoms with van der Waals surface area (Å²) in [6.45, 7) is 7.13. The standard InChI is InChI=1S/C18H23N5O/c1-12(2)13(3)22(4)11-16-20-17-15(18(24)21-16)10-19-23(17)14-8-6-5-7-9-14/h5-10,12-13H,11H2,1-4H3,(H,20,21,24)/t13-/m0/s1. The first-order chi connectivity index (χ1) is 11.5. The second-order valence-corrected chi connectivity index (χ2v) is 6.54. The van der Waals surface area contributed by atoms with Gasteiger partial charge in [0.05, 0.1) is 18.4 Å². The molecule has 6 nitrogen and oxygen atoms in total. The lowest BCUT2D eigenvalue weighted by Crippen LogP contribution is -2.33. The molecule has 6 heteroatoms. The van der Waals surface area contributed by atoms with Crippen LogP contribution in [0.2, 0.25) is 0 Å².